The minimum atomic E-state index is -3.25. The number of rotatable bonds is 3. The molecule has 1 N–H and O–H groups in total. The second-order valence-electron chi connectivity index (χ2n) is 6.50. The molecule has 0 radical (unpaired) electrons. The van der Waals surface area contributed by atoms with E-state index in [0.29, 0.717) is 19.5 Å². The molecule has 0 spiro atoms. The van der Waals surface area contributed by atoms with Gasteiger partial charge >= 0.3 is 0 Å². The molecule has 24 heavy (non-hydrogen) atoms. The van der Waals surface area contributed by atoms with Gasteiger partial charge < -0.3 is 9.67 Å². The minimum Gasteiger partial charge on any atom is -0.393 e. The number of aliphatic hydroxyl groups is 1. The molecule has 0 saturated carbocycles. The van der Waals surface area contributed by atoms with Crippen molar-refractivity contribution in [3.05, 3.63) is 42.4 Å². The van der Waals surface area contributed by atoms with Crippen LogP contribution in [0.1, 0.15) is 24.9 Å². The summed E-state index contributed by atoms with van der Waals surface area (Å²) < 4.78 is 28.2. The van der Waals surface area contributed by atoms with Crippen LogP contribution in [0, 0.1) is 5.92 Å². The number of imidazole rings is 1. The molecule has 3 atom stereocenters. The predicted molar refractivity (Wildman–Crippen MR) is 90.9 cm³/mol. The highest BCUT2D eigenvalue weighted by molar-refractivity contribution is 7.89. The Balaban J connectivity index is 1.75. The maximum absolute atomic E-state index is 12.3. The Morgan fingerprint density at radius 1 is 1.33 bits per heavy atom. The summed E-state index contributed by atoms with van der Waals surface area (Å²) in [5, 5.41) is 10.6. The molecule has 1 aromatic carbocycles. The van der Waals surface area contributed by atoms with Crippen LogP contribution < -0.4 is 0 Å². The number of hydrogen-bond acceptors (Lipinski definition) is 4. The maximum atomic E-state index is 12.3. The fourth-order valence-electron chi connectivity index (χ4n) is 3.99. The lowest BCUT2D eigenvalue weighted by atomic mass is 9.85. The standard InChI is InChI=1S/C17H21N3O3S/c1-2-24(22,23)19-8-7-16(21)14(10-19)17-13-6-4-3-5-12(13)15-9-18-11-20(15)17/h3-6,9,11,14,16-17,21H,2,7-8,10H2,1H3/t14-,16-,17?/m1/s1. The van der Waals surface area contributed by atoms with Gasteiger partial charge in [0.1, 0.15) is 0 Å². The van der Waals surface area contributed by atoms with Crippen molar-refractivity contribution >= 4 is 10.0 Å². The van der Waals surface area contributed by atoms with Crippen molar-refractivity contribution in [1.29, 1.82) is 0 Å². The molecule has 1 saturated heterocycles. The van der Waals surface area contributed by atoms with E-state index in [1.54, 1.807) is 13.3 Å². The normalized spacial score (nSPS) is 27.0. The van der Waals surface area contributed by atoms with E-state index >= 15 is 0 Å². The van der Waals surface area contributed by atoms with Crippen LogP contribution in [0.25, 0.3) is 11.3 Å². The Morgan fingerprint density at radius 3 is 2.92 bits per heavy atom. The molecule has 0 bridgehead atoms. The molecular weight excluding hydrogens is 326 g/mol. The van der Waals surface area contributed by atoms with E-state index < -0.39 is 16.1 Å². The van der Waals surface area contributed by atoms with E-state index in [1.165, 1.54) is 4.31 Å². The molecule has 2 aliphatic heterocycles. The van der Waals surface area contributed by atoms with E-state index in [9.17, 15) is 13.5 Å². The van der Waals surface area contributed by atoms with Crippen molar-refractivity contribution in [3.63, 3.8) is 0 Å². The van der Waals surface area contributed by atoms with Crippen LogP contribution in [-0.2, 0) is 10.0 Å². The van der Waals surface area contributed by atoms with Crippen LogP contribution in [0.2, 0.25) is 0 Å². The minimum absolute atomic E-state index is 0.0800. The molecule has 6 nitrogen and oxygen atoms in total. The number of benzene rings is 1. The monoisotopic (exact) mass is 347 g/mol. The molecule has 2 aliphatic rings. The first kappa shape index (κ1) is 15.8. The molecule has 3 heterocycles. The van der Waals surface area contributed by atoms with Gasteiger partial charge in [0.2, 0.25) is 10.0 Å². The summed E-state index contributed by atoms with van der Waals surface area (Å²) >= 11 is 0. The van der Waals surface area contributed by atoms with E-state index in [-0.39, 0.29) is 17.7 Å². The molecule has 128 valence electrons. The van der Waals surface area contributed by atoms with Crippen molar-refractivity contribution in [2.45, 2.75) is 25.5 Å². The molecule has 1 fully saturated rings. The number of piperidine rings is 1. The number of aromatic nitrogens is 2. The molecule has 0 amide bonds. The predicted octanol–water partition coefficient (Wildman–Crippen LogP) is 1.49. The van der Waals surface area contributed by atoms with Gasteiger partial charge in [-0.1, -0.05) is 24.3 Å². The van der Waals surface area contributed by atoms with Crippen LogP contribution in [0.3, 0.4) is 0 Å². The zero-order valence-corrected chi connectivity index (χ0v) is 14.4. The van der Waals surface area contributed by atoms with Gasteiger partial charge in [-0.2, -0.15) is 0 Å². The molecule has 2 aromatic rings. The Hall–Kier alpha value is -1.70. The largest absolute Gasteiger partial charge is 0.393 e. The van der Waals surface area contributed by atoms with E-state index in [1.807, 2.05) is 18.3 Å². The van der Waals surface area contributed by atoms with Crippen molar-refractivity contribution < 1.29 is 13.5 Å². The third-order valence-corrected chi connectivity index (χ3v) is 7.12. The fourth-order valence-corrected chi connectivity index (χ4v) is 5.14. The Kier molecular flexibility index (Phi) is 3.74. The first-order valence-electron chi connectivity index (χ1n) is 8.30. The lowest BCUT2D eigenvalue weighted by Crippen LogP contribution is -2.49. The van der Waals surface area contributed by atoms with E-state index in [2.05, 4.69) is 21.7 Å². The van der Waals surface area contributed by atoms with E-state index in [0.717, 1.165) is 16.8 Å². The first-order chi connectivity index (χ1) is 11.5. The van der Waals surface area contributed by atoms with Crippen LogP contribution in [0.4, 0.5) is 0 Å². The number of aliphatic hydroxyl groups excluding tert-OH is 1. The fraction of sp³-hybridized carbons (Fsp3) is 0.471. The highest BCUT2D eigenvalue weighted by atomic mass is 32.2. The van der Waals surface area contributed by atoms with Gasteiger partial charge in [-0.3, -0.25) is 0 Å². The quantitative estimate of drug-likeness (QED) is 0.913. The molecule has 7 heteroatoms. The van der Waals surface area contributed by atoms with Crippen LogP contribution in [-0.4, -0.2) is 52.3 Å². The highest BCUT2D eigenvalue weighted by Gasteiger charge is 2.42. The molecular formula is C17H21N3O3S. The lowest BCUT2D eigenvalue weighted by Gasteiger charge is -2.39. The number of nitrogens with zero attached hydrogens (tertiary/aromatic N) is 3. The van der Waals surface area contributed by atoms with Crippen LogP contribution in [0.5, 0.6) is 0 Å². The SMILES string of the molecule is CCS(=O)(=O)N1CC[C@@H](O)[C@H](C2c3ccccc3-c3cncn32)C1. The Morgan fingerprint density at radius 2 is 2.12 bits per heavy atom. The highest BCUT2D eigenvalue weighted by Crippen LogP contribution is 2.45. The molecule has 0 aliphatic carbocycles. The smallest absolute Gasteiger partial charge is 0.213 e. The van der Waals surface area contributed by atoms with Gasteiger partial charge in [-0.15, -0.1) is 0 Å². The number of sulfonamides is 1. The maximum Gasteiger partial charge on any atom is 0.213 e. The third kappa shape index (κ3) is 2.30. The van der Waals surface area contributed by atoms with Crippen molar-refractivity contribution in [2.24, 2.45) is 5.92 Å². The van der Waals surface area contributed by atoms with Gasteiger partial charge in [0.05, 0.1) is 36.1 Å². The van der Waals surface area contributed by atoms with E-state index in [4.69, 9.17) is 0 Å². The summed E-state index contributed by atoms with van der Waals surface area (Å²) in [5.41, 5.74) is 3.27. The van der Waals surface area contributed by atoms with Gasteiger partial charge in [0.15, 0.2) is 0 Å². The summed E-state index contributed by atoms with van der Waals surface area (Å²) in [6.07, 6.45) is 3.54. The zero-order chi connectivity index (χ0) is 16.9. The molecule has 1 aromatic heterocycles. The summed E-state index contributed by atoms with van der Waals surface area (Å²) in [7, 11) is -3.25. The molecule has 1 unspecified atom stereocenters. The number of fused-ring (bicyclic) bond motifs is 3. The van der Waals surface area contributed by atoms with Gasteiger partial charge in [0, 0.05) is 24.6 Å². The zero-order valence-electron chi connectivity index (χ0n) is 13.5. The Labute approximate surface area is 141 Å². The number of hydrogen-bond donors (Lipinski definition) is 1. The first-order valence-corrected chi connectivity index (χ1v) is 9.91. The second-order valence-corrected chi connectivity index (χ2v) is 8.75. The summed E-state index contributed by atoms with van der Waals surface area (Å²) in [6, 6.07) is 8.01. The Bertz CT molecular complexity index is 861. The van der Waals surface area contributed by atoms with Crippen molar-refractivity contribution in [1.82, 2.24) is 13.9 Å². The van der Waals surface area contributed by atoms with Gasteiger partial charge in [-0.05, 0) is 18.9 Å². The lowest BCUT2D eigenvalue weighted by molar-refractivity contribution is 0.0357. The topological polar surface area (TPSA) is 75.4 Å². The van der Waals surface area contributed by atoms with Crippen molar-refractivity contribution in [2.75, 3.05) is 18.8 Å². The summed E-state index contributed by atoms with van der Waals surface area (Å²) in [4.78, 5) is 4.25. The van der Waals surface area contributed by atoms with Gasteiger partial charge in [-0.25, -0.2) is 17.7 Å². The van der Waals surface area contributed by atoms with Crippen LogP contribution >= 0.6 is 0 Å². The van der Waals surface area contributed by atoms with Gasteiger partial charge in [0.25, 0.3) is 0 Å². The average molecular weight is 347 g/mol. The van der Waals surface area contributed by atoms with Crippen LogP contribution in [0.15, 0.2) is 36.8 Å². The summed E-state index contributed by atoms with van der Waals surface area (Å²) in [6.45, 7) is 2.39. The van der Waals surface area contributed by atoms with Crippen molar-refractivity contribution in [3.8, 4) is 11.3 Å². The second kappa shape index (κ2) is 5.68. The third-order valence-electron chi connectivity index (χ3n) is 5.27. The summed E-state index contributed by atoms with van der Waals surface area (Å²) in [5.74, 6) is -0.0930. The average Bonchev–Trinajstić information content (AvgIpc) is 3.16. The molecule has 4 rings (SSSR count).